The number of ether oxygens (including phenoxy) is 1. The Kier molecular flexibility index (Phi) is 3.70. The number of nitrogens with zero attached hydrogens (tertiary/aromatic N) is 1. The molecule has 0 unspecified atom stereocenters. The minimum absolute atomic E-state index is 0.275. The maximum atomic E-state index is 11.6. The van der Waals surface area contributed by atoms with Gasteiger partial charge in [-0.3, -0.25) is 0 Å². The van der Waals surface area contributed by atoms with Crippen molar-refractivity contribution >= 4 is 16.9 Å². The van der Waals surface area contributed by atoms with Gasteiger partial charge in [-0.2, -0.15) is 0 Å². The fourth-order valence-electron chi connectivity index (χ4n) is 2.24. The smallest absolute Gasteiger partial charge is 0.337 e. The van der Waals surface area contributed by atoms with E-state index in [0.717, 1.165) is 30.5 Å². The quantitative estimate of drug-likeness (QED) is 0.771. The number of rotatable bonds is 4. The average molecular weight is 245 g/mol. The highest BCUT2D eigenvalue weighted by Gasteiger charge is 2.11. The molecule has 1 aromatic carbocycles. The zero-order valence-electron chi connectivity index (χ0n) is 11.2. The number of hydrogen-bond acceptors (Lipinski definition) is 2. The summed E-state index contributed by atoms with van der Waals surface area (Å²) < 4.78 is 7.00. The van der Waals surface area contributed by atoms with Crippen LogP contribution in [0.5, 0.6) is 0 Å². The summed E-state index contributed by atoms with van der Waals surface area (Å²) in [5.41, 5.74) is 2.85. The Morgan fingerprint density at radius 3 is 2.83 bits per heavy atom. The van der Waals surface area contributed by atoms with Gasteiger partial charge in [-0.1, -0.05) is 13.3 Å². The number of hydrogen-bond donors (Lipinski definition) is 0. The summed E-state index contributed by atoms with van der Waals surface area (Å²) in [6.07, 6.45) is 4.40. The third kappa shape index (κ3) is 2.26. The average Bonchev–Trinajstić information content (AvgIpc) is 2.79. The van der Waals surface area contributed by atoms with Gasteiger partial charge in [-0.15, -0.1) is 0 Å². The third-order valence-corrected chi connectivity index (χ3v) is 3.27. The molecule has 0 fully saturated rings. The molecule has 0 N–H and O–H groups in total. The number of aromatic nitrogens is 1. The Hall–Kier alpha value is -1.77. The molecule has 0 radical (unpaired) electrons. The van der Waals surface area contributed by atoms with E-state index in [-0.39, 0.29) is 5.97 Å². The number of esters is 1. The van der Waals surface area contributed by atoms with Crippen LogP contribution in [0, 0.1) is 6.92 Å². The van der Waals surface area contributed by atoms with Crippen LogP contribution in [0.25, 0.3) is 10.9 Å². The predicted octanol–water partition coefficient (Wildman–Crippen LogP) is 3.54. The highest BCUT2D eigenvalue weighted by molar-refractivity contribution is 5.96. The largest absolute Gasteiger partial charge is 0.465 e. The number of aryl methyl sites for hydroxylation is 2. The first-order valence-corrected chi connectivity index (χ1v) is 6.35. The zero-order chi connectivity index (χ0) is 13.1. The first-order chi connectivity index (χ1) is 8.67. The number of fused-ring (bicyclic) bond motifs is 1. The minimum Gasteiger partial charge on any atom is -0.465 e. The van der Waals surface area contributed by atoms with E-state index in [1.165, 1.54) is 12.5 Å². The van der Waals surface area contributed by atoms with E-state index in [2.05, 4.69) is 23.8 Å². The van der Waals surface area contributed by atoms with Gasteiger partial charge in [-0.05, 0) is 37.1 Å². The van der Waals surface area contributed by atoms with Gasteiger partial charge in [0.15, 0.2) is 0 Å². The Bertz CT molecular complexity index is 569. The molecule has 3 nitrogen and oxygen atoms in total. The summed E-state index contributed by atoms with van der Waals surface area (Å²) in [4.78, 5) is 11.6. The SMILES string of the molecule is CCCCn1ccc2c(C)cc(C(=O)OC)cc21. The van der Waals surface area contributed by atoms with Crippen molar-refractivity contribution in [3.63, 3.8) is 0 Å². The summed E-state index contributed by atoms with van der Waals surface area (Å²) in [5, 5.41) is 1.21. The van der Waals surface area contributed by atoms with Crippen LogP contribution in [0.3, 0.4) is 0 Å². The fourth-order valence-corrected chi connectivity index (χ4v) is 2.24. The van der Waals surface area contributed by atoms with E-state index in [0.29, 0.717) is 5.56 Å². The van der Waals surface area contributed by atoms with E-state index in [1.807, 2.05) is 19.1 Å². The van der Waals surface area contributed by atoms with Crippen molar-refractivity contribution in [1.82, 2.24) is 4.57 Å². The normalized spacial score (nSPS) is 10.8. The van der Waals surface area contributed by atoms with Crippen LogP contribution in [-0.4, -0.2) is 17.6 Å². The van der Waals surface area contributed by atoms with Gasteiger partial charge in [0, 0.05) is 23.6 Å². The van der Waals surface area contributed by atoms with Crippen molar-refractivity contribution in [3.05, 3.63) is 35.5 Å². The molecule has 0 aliphatic carbocycles. The predicted molar refractivity (Wildman–Crippen MR) is 72.9 cm³/mol. The van der Waals surface area contributed by atoms with Gasteiger partial charge in [0.25, 0.3) is 0 Å². The van der Waals surface area contributed by atoms with E-state index >= 15 is 0 Å². The molecule has 0 spiro atoms. The van der Waals surface area contributed by atoms with Gasteiger partial charge in [0.1, 0.15) is 0 Å². The maximum absolute atomic E-state index is 11.6. The lowest BCUT2D eigenvalue weighted by Gasteiger charge is -2.07. The Balaban J connectivity index is 2.50. The van der Waals surface area contributed by atoms with Crippen LogP contribution in [0.1, 0.15) is 35.7 Å². The molecular formula is C15H19NO2. The van der Waals surface area contributed by atoms with E-state index in [1.54, 1.807) is 0 Å². The number of methoxy groups -OCH3 is 1. The molecule has 2 aromatic rings. The van der Waals surface area contributed by atoms with Crippen molar-refractivity contribution in [3.8, 4) is 0 Å². The second kappa shape index (κ2) is 5.25. The van der Waals surface area contributed by atoms with Crippen molar-refractivity contribution in [2.75, 3.05) is 7.11 Å². The monoisotopic (exact) mass is 245 g/mol. The summed E-state index contributed by atoms with van der Waals surface area (Å²) in [7, 11) is 1.41. The molecule has 18 heavy (non-hydrogen) atoms. The van der Waals surface area contributed by atoms with Crippen LogP contribution in [0.4, 0.5) is 0 Å². The molecule has 2 rings (SSSR count). The van der Waals surface area contributed by atoms with E-state index in [4.69, 9.17) is 4.74 Å². The number of carbonyl (C=O) groups is 1. The minimum atomic E-state index is -0.275. The van der Waals surface area contributed by atoms with Crippen molar-refractivity contribution < 1.29 is 9.53 Å². The number of benzene rings is 1. The molecule has 0 aliphatic heterocycles. The lowest BCUT2D eigenvalue weighted by molar-refractivity contribution is 0.0601. The first kappa shape index (κ1) is 12.7. The topological polar surface area (TPSA) is 31.2 Å². The van der Waals surface area contributed by atoms with E-state index in [9.17, 15) is 4.79 Å². The van der Waals surface area contributed by atoms with Crippen LogP contribution in [0.15, 0.2) is 24.4 Å². The molecule has 3 heteroatoms. The van der Waals surface area contributed by atoms with Gasteiger partial charge < -0.3 is 9.30 Å². The molecular weight excluding hydrogens is 226 g/mol. The lowest BCUT2D eigenvalue weighted by Crippen LogP contribution is -2.03. The second-order valence-corrected chi connectivity index (χ2v) is 4.58. The van der Waals surface area contributed by atoms with Crippen LogP contribution in [0.2, 0.25) is 0 Å². The molecule has 96 valence electrons. The Labute approximate surface area is 107 Å². The molecule has 0 saturated heterocycles. The summed E-state index contributed by atoms with van der Waals surface area (Å²) in [6.45, 7) is 5.19. The summed E-state index contributed by atoms with van der Waals surface area (Å²) in [6, 6.07) is 5.92. The van der Waals surface area contributed by atoms with Crippen molar-refractivity contribution in [2.24, 2.45) is 0 Å². The first-order valence-electron chi connectivity index (χ1n) is 6.35. The van der Waals surface area contributed by atoms with Gasteiger partial charge in [0.2, 0.25) is 0 Å². The van der Waals surface area contributed by atoms with Gasteiger partial charge in [-0.25, -0.2) is 4.79 Å². The standard InChI is InChI=1S/C15H19NO2/c1-4-5-7-16-8-6-13-11(2)9-12(10-14(13)16)15(17)18-3/h6,8-10H,4-5,7H2,1-3H3. The Morgan fingerprint density at radius 1 is 1.39 bits per heavy atom. The zero-order valence-corrected chi connectivity index (χ0v) is 11.2. The Morgan fingerprint density at radius 2 is 2.17 bits per heavy atom. The van der Waals surface area contributed by atoms with Crippen LogP contribution >= 0.6 is 0 Å². The molecule has 1 aromatic heterocycles. The molecule has 0 saturated carbocycles. The molecule has 0 bridgehead atoms. The highest BCUT2D eigenvalue weighted by atomic mass is 16.5. The molecule has 0 atom stereocenters. The fraction of sp³-hybridized carbons (Fsp3) is 0.400. The van der Waals surface area contributed by atoms with Crippen LogP contribution in [-0.2, 0) is 11.3 Å². The van der Waals surface area contributed by atoms with Gasteiger partial charge >= 0.3 is 5.97 Å². The molecule has 0 aliphatic rings. The van der Waals surface area contributed by atoms with E-state index < -0.39 is 0 Å². The maximum Gasteiger partial charge on any atom is 0.337 e. The third-order valence-electron chi connectivity index (χ3n) is 3.27. The van der Waals surface area contributed by atoms with Crippen molar-refractivity contribution in [2.45, 2.75) is 33.2 Å². The summed E-state index contributed by atoms with van der Waals surface area (Å²) >= 11 is 0. The molecule has 0 amide bonds. The number of carbonyl (C=O) groups excluding carboxylic acids is 1. The second-order valence-electron chi connectivity index (χ2n) is 4.58. The van der Waals surface area contributed by atoms with Gasteiger partial charge in [0.05, 0.1) is 12.7 Å². The lowest BCUT2D eigenvalue weighted by atomic mass is 10.1. The molecule has 1 heterocycles. The highest BCUT2D eigenvalue weighted by Crippen LogP contribution is 2.23. The van der Waals surface area contributed by atoms with Crippen molar-refractivity contribution in [1.29, 1.82) is 0 Å². The summed E-state index contributed by atoms with van der Waals surface area (Å²) in [5.74, 6) is -0.275. The number of unbranched alkanes of at least 4 members (excludes halogenated alkanes) is 1. The van der Waals surface area contributed by atoms with Crippen LogP contribution < -0.4 is 0 Å².